The molecule has 1 fully saturated rings. The number of hydrogen-bond donors (Lipinski definition) is 1. The highest BCUT2D eigenvalue weighted by Crippen LogP contribution is 2.32. The van der Waals surface area contributed by atoms with Crippen molar-refractivity contribution in [2.24, 2.45) is 0 Å². The predicted molar refractivity (Wildman–Crippen MR) is 147 cm³/mol. The molecular formula is C27H31BrN6OS. The van der Waals surface area contributed by atoms with Crippen LogP contribution in [0.4, 0.5) is 5.82 Å². The largest absolute Gasteiger partial charge is 0.366 e. The fourth-order valence-electron chi connectivity index (χ4n) is 4.60. The molecule has 4 heterocycles. The van der Waals surface area contributed by atoms with E-state index in [9.17, 15) is 4.21 Å². The highest BCUT2D eigenvalue weighted by molar-refractivity contribution is 9.10. The molecule has 0 aliphatic carbocycles. The van der Waals surface area contributed by atoms with Crippen molar-refractivity contribution in [3.63, 3.8) is 0 Å². The Morgan fingerprint density at radius 3 is 2.64 bits per heavy atom. The van der Waals surface area contributed by atoms with Gasteiger partial charge in [0.1, 0.15) is 16.8 Å². The Labute approximate surface area is 223 Å². The minimum Gasteiger partial charge on any atom is -0.366 e. The molecule has 36 heavy (non-hydrogen) atoms. The lowest BCUT2D eigenvalue weighted by Gasteiger charge is -2.30. The smallest absolute Gasteiger partial charge is 0.171 e. The van der Waals surface area contributed by atoms with Gasteiger partial charge in [-0.25, -0.2) is 13.5 Å². The molecular weight excluding hydrogens is 536 g/mol. The third-order valence-electron chi connectivity index (χ3n) is 7.01. The first-order chi connectivity index (χ1) is 17.5. The summed E-state index contributed by atoms with van der Waals surface area (Å²) >= 11 is 3.60. The van der Waals surface area contributed by atoms with E-state index in [4.69, 9.17) is 4.98 Å². The predicted octanol–water partition coefficient (Wildman–Crippen LogP) is 5.91. The monoisotopic (exact) mass is 566 g/mol. The summed E-state index contributed by atoms with van der Waals surface area (Å²) in [6.45, 7) is 6.62. The maximum Gasteiger partial charge on any atom is 0.171 e. The van der Waals surface area contributed by atoms with Crippen LogP contribution in [0.3, 0.4) is 0 Å². The van der Waals surface area contributed by atoms with Gasteiger partial charge in [-0.05, 0) is 70.4 Å². The van der Waals surface area contributed by atoms with Crippen molar-refractivity contribution in [3.05, 3.63) is 82.3 Å². The molecule has 0 amide bonds. The molecule has 0 spiro atoms. The van der Waals surface area contributed by atoms with Gasteiger partial charge in [0.05, 0.1) is 15.6 Å². The number of pyridine rings is 1. The van der Waals surface area contributed by atoms with E-state index < -0.39 is 11.0 Å². The average molecular weight is 568 g/mol. The average Bonchev–Trinajstić information content (AvgIpc) is 3.32. The third-order valence-corrected chi connectivity index (χ3v) is 9.08. The Hall–Kier alpha value is -2.62. The maximum atomic E-state index is 13.2. The lowest BCUT2D eigenvalue weighted by atomic mass is 9.94. The van der Waals surface area contributed by atoms with E-state index in [2.05, 4.69) is 67.7 Å². The number of rotatable bonds is 8. The van der Waals surface area contributed by atoms with Crippen LogP contribution in [0.15, 0.2) is 70.4 Å². The molecule has 1 aromatic carbocycles. The molecule has 0 radical (unpaired) electrons. The summed E-state index contributed by atoms with van der Waals surface area (Å²) in [6, 6.07) is 14.4. The van der Waals surface area contributed by atoms with Gasteiger partial charge in [-0.2, -0.15) is 9.61 Å². The number of anilines is 1. The zero-order chi connectivity index (χ0) is 25.1. The topological polar surface area (TPSA) is 75.4 Å². The van der Waals surface area contributed by atoms with Gasteiger partial charge >= 0.3 is 0 Å². The van der Waals surface area contributed by atoms with Crippen LogP contribution in [0.1, 0.15) is 61.8 Å². The van der Waals surface area contributed by atoms with Gasteiger partial charge in [-0.1, -0.05) is 32.0 Å². The first-order valence-corrected chi connectivity index (χ1v) is 14.4. The Bertz CT molecular complexity index is 1340. The molecule has 2 unspecified atom stereocenters. The summed E-state index contributed by atoms with van der Waals surface area (Å²) in [4.78, 5) is 10.0. The molecule has 7 nitrogen and oxygen atoms in total. The quantitative estimate of drug-likeness (QED) is 0.286. The fourth-order valence-corrected chi connectivity index (χ4v) is 6.16. The lowest BCUT2D eigenvalue weighted by Crippen LogP contribution is -2.34. The van der Waals surface area contributed by atoms with Gasteiger partial charge in [0.2, 0.25) is 0 Å². The van der Waals surface area contributed by atoms with Crippen LogP contribution < -0.4 is 5.32 Å². The first kappa shape index (κ1) is 25.0. The van der Waals surface area contributed by atoms with Crippen LogP contribution in [0.2, 0.25) is 0 Å². The molecule has 188 valence electrons. The van der Waals surface area contributed by atoms with Gasteiger partial charge in [0, 0.05) is 49.7 Å². The van der Waals surface area contributed by atoms with Gasteiger partial charge in [0.15, 0.2) is 5.65 Å². The van der Waals surface area contributed by atoms with E-state index >= 15 is 0 Å². The number of fused-ring (bicyclic) bond motifs is 1. The molecule has 9 heteroatoms. The number of hydrogen-bond acceptors (Lipinski definition) is 5. The van der Waals surface area contributed by atoms with Crippen molar-refractivity contribution in [1.29, 1.82) is 0 Å². The number of halogens is 1. The molecule has 1 aliphatic rings. The molecule has 0 saturated carbocycles. The molecule has 1 N–H and O–H groups in total. The summed E-state index contributed by atoms with van der Waals surface area (Å²) < 4.78 is 18.0. The van der Waals surface area contributed by atoms with Gasteiger partial charge < -0.3 is 5.32 Å². The third kappa shape index (κ3) is 5.38. The molecule has 1 saturated heterocycles. The van der Waals surface area contributed by atoms with Crippen molar-refractivity contribution in [2.75, 3.05) is 18.4 Å². The molecule has 4 aromatic rings. The van der Waals surface area contributed by atoms with Crippen LogP contribution >= 0.6 is 15.9 Å². The molecule has 0 bridgehead atoms. The van der Waals surface area contributed by atoms with Crippen LogP contribution in [0, 0.1) is 0 Å². The SMILES string of the molecule is CCC(C)c1ccc(S(=O)N2CCC(c3cc(NCc4cccnc4)n4ncc(Br)c4n3)CC2)cc1. The molecule has 5 rings (SSSR count). The van der Waals surface area contributed by atoms with E-state index in [1.807, 2.05) is 35.0 Å². The van der Waals surface area contributed by atoms with Crippen LogP contribution in [0.25, 0.3) is 5.65 Å². The number of benzene rings is 1. The summed E-state index contributed by atoms with van der Waals surface area (Å²) in [5.74, 6) is 1.72. The molecule has 1 aliphatic heterocycles. The van der Waals surface area contributed by atoms with Crippen LogP contribution in [0.5, 0.6) is 0 Å². The van der Waals surface area contributed by atoms with Crippen molar-refractivity contribution >= 4 is 38.4 Å². The summed E-state index contributed by atoms with van der Waals surface area (Å²) in [7, 11) is -1.14. The molecule has 3 aromatic heterocycles. The maximum absolute atomic E-state index is 13.2. The second kappa shape index (κ2) is 11.2. The first-order valence-electron chi connectivity index (χ1n) is 12.5. The van der Waals surface area contributed by atoms with Gasteiger partial charge in [-0.3, -0.25) is 4.98 Å². The number of piperidine rings is 1. The van der Waals surface area contributed by atoms with E-state index in [0.29, 0.717) is 18.4 Å². The zero-order valence-electron chi connectivity index (χ0n) is 20.6. The summed E-state index contributed by atoms with van der Waals surface area (Å²) in [6.07, 6.45) is 8.34. The second-order valence-electron chi connectivity index (χ2n) is 9.34. The lowest BCUT2D eigenvalue weighted by molar-refractivity contribution is 0.331. The van der Waals surface area contributed by atoms with E-state index in [-0.39, 0.29) is 0 Å². The Kier molecular flexibility index (Phi) is 7.79. The Balaban J connectivity index is 1.29. The van der Waals surface area contributed by atoms with Crippen molar-refractivity contribution in [3.8, 4) is 0 Å². The molecule has 2 atom stereocenters. The zero-order valence-corrected chi connectivity index (χ0v) is 23.0. The Morgan fingerprint density at radius 2 is 1.94 bits per heavy atom. The number of nitrogens with one attached hydrogen (secondary N) is 1. The summed E-state index contributed by atoms with van der Waals surface area (Å²) in [5, 5.41) is 7.99. The van der Waals surface area contributed by atoms with E-state index in [1.165, 1.54) is 5.56 Å². The second-order valence-corrected chi connectivity index (χ2v) is 11.7. The van der Waals surface area contributed by atoms with E-state index in [0.717, 1.165) is 64.4 Å². The normalized spacial score (nSPS) is 16.8. The van der Waals surface area contributed by atoms with Crippen molar-refractivity contribution in [2.45, 2.75) is 56.4 Å². The van der Waals surface area contributed by atoms with Crippen LogP contribution in [-0.2, 0) is 17.5 Å². The highest BCUT2D eigenvalue weighted by atomic mass is 79.9. The minimum absolute atomic E-state index is 0.303. The van der Waals surface area contributed by atoms with E-state index in [1.54, 1.807) is 12.4 Å². The highest BCUT2D eigenvalue weighted by Gasteiger charge is 2.27. The van der Waals surface area contributed by atoms with Crippen molar-refractivity contribution in [1.82, 2.24) is 23.9 Å². The van der Waals surface area contributed by atoms with Crippen molar-refractivity contribution < 1.29 is 4.21 Å². The standard InChI is InChI=1S/C27H31BrN6OS/c1-3-19(2)21-6-8-23(9-7-21)36(35)33-13-10-22(11-14-33)25-15-26(30-17-20-5-4-12-29-16-20)34-27(32-25)24(28)18-31-34/h4-9,12,15-16,18-19,22,30H,3,10-11,13-14,17H2,1-2H3. The number of nitrogens with zero attached hydrogens (tertiary/aromatic N) is 5. The van der Waals surface area contributed by atoms with Gasteiger partial charge in [0.25, 0.3) is 0 Å². The summed E-state index contributed by atoms with van der Waals surface area (Å²) in [5.41, 5.74) is 4.25. The van der Waals surface area contributed by atoms with Gasteiger partial charge in [-0.15, -0.1) is 0 Å². The number of aromatic nitrogens is 4. The minimum atomic E-state index is -1.14. The fraction of sp³-hybridized carbons (Fsp3) is 0.370. The van der Waals surface area contributed by atoms with Crippen LogP contribution in [-0.4, -0.2) is 41.2 Å². The Morgan fingerprint density at radius 1 is 1.17 bits per heavy atom.